The van der Waals surface area contributed by atoms with E-state index in [-0.39, 0.29) is 16.8 Å². The van der Waals surface area contributed by atoms with Gasteiger partial charge in [-0.3, -0.25) is 9.36 Å². The number of thiophene rings is 1. The molecule has 0 aliphatic heterocycles. The van der Waals surface area contributed by atoms with Crippen LogP contribution in [0.25, 0.3) is 10.2 Å². The molecular formula is C14H17N7OS2. The number of aromatic nitrogens is 5. The summed E-state index contributed by atoms with van der Waals surface area (Å²) in [5, 5.41) is 2.99. The van der Waals surface area contributed by atoms with Gasteiger partial charge in [-0.2, -0.15) is 15.0 Å². The van der Waals surface area contributed by atoms with Gasteiger partial charge in [0.1, 0.15) is 10.7 Å². The minimum Gasteiger partial charge on any atom is -0.368 e. The van der Waals surface area contributed by atoms with Crippen LogP contribution < -0.4 is 16.2 Å². The topological polar surface area (TPSA) is 103 Å². The van der Waals surface area contributed by atoms with Crippen LogP contribution in [0.4, 0.5) is 11.9 Å². The molecule has 126 valence electrons. The number of fused-ring (bicyclic) bond motifs is 1. The fourth-order valence-corrected chi connectivity index (χ4v) is 3.80. The molecule has 0 saturated carbocycles. The van der Waals surface area contributed by atoms with Crippen molar-refractivity contribution in [2.45, 2.75) is 17.3 Å². The number of hydrogen-bond donors (Lipinski definition) is 1. The van der Waals surface area contributed by atoms with E-state index in [2.05, 4.69) is 19.9 Å². The van der Waals surface area contributed by atoms with E-state index in [9.17, 15) is 4.79 Å². The van der Waals surface area contributed by atoms with Gasteiger partial charge in [0.2, 0.25) is 11.9 Å². The molecule has 2 N–H and O–H groups in total. The van der Waals surface area contributed by atoms with Gasteiger partial charge in [0.05, 0.1) is 10.6 Å². The third-order valence-electron chi connectivity index (χ3n) is 3.37. The molecule has 0 bridgehead atoms. The first-order valence-corrected chi connectivity index (χ1v) is 8.92. The SMILES string of the molecule is CC(Sc1nc2sccc2c(=O)n1C)c1nc(N)nc(N(C)C)n1. The zero-order valence-electron chi connectivity index (χ0n) is 13.7. The van der Waals surface area contributed by atoms with Gasteiger partial charge < -0.3 is 10.6 Å². The average Bonchev–Trinajstić information content (AvgIpc) is 3.00. The van der Waals surface area contributed by atoms with Crippen LogP contribution in [-0.2, 0) is 7.05 Å². The maximum Gasteiger partial charge on any atom is 0.262 e. The molecule has 1 atom stereocenters. The van der Waals surface area contributed by atoms with Crippen molar-refractivity contribution in [1.29, 1.82) is 0 Å². The smallest absolute Gasteiger partial charge is 0.262 e. The van der Waals surface area contributed by atoms with Crippen molar-refractivity contribution in [2.24, 2.45) is 7.05 Å². The molecule has 3 rings (SSSR count). The molecule has 24 heavy (non-hydrogen) atoms. The van der Waals surface area contributed by atoms with E-state index >= 15 is 0 Å². The normalized spacial score (nSPS) is 12.5. The first-order valence-electron chi connectivity index (χ1n) is 7.16. The molecule has 0 aliphatic carbocycles. The predicted molar refractivity (Wildman–Crippen MR) is 97.7 cm³/mol. The lowest BCUT2D eigenvalue weighted by Gasteiger charge is -2.15. The summed E-state index contributed by atoms with van der Waals surface area (Å²) in [5.41, 5.74) is 5.72. The summed E-state index contributed by atoms with van der Waals surface area (Å²) in [6.45, 7) is 1.95. The van der Waals surface area contributed by atoms with Crippen molar-refractivity contribution in [1.82, 2.24) is 24.5 Å². The minimum absolute atomic E-state index is 0.0555. The van der Waals surface area contributed by atoms with E-state index < -0.39 is 0 Å². The lowest BCUT2D eigenvalue weighted by molar-refractivity contribution is 0.723. The molecule has 10 heteroatoms. The molecule has 0 saturated heterocycles. The third-order valence-corrected chi connectivity index (χ3v) is 5.31. The molecule has 0 aromatic carbocycles. The molecule has 3 heterocycles. The van der Waals surface area contributed by atoms with Crippen LogP contribution in [0.3, 0.4) is 0 Å². The van der Waals surface area contributed by atoms with Gasteiger partial charge in [-0.05, 0) is 18.4 Å². The van der Waals surface area contributed by atoms with E-state index in [1.165, 1.54) is 23.1 Å². The highest BCUT2D eigenvalue weighted by molar-refractivity contribution is 7.99. The van der Waals surface area contributed by atoms with Crippen molar-refractivity contribution in [2.75, 3.05) is 24.7 Å². The second kappa shape index (κ2) is 6.36. The highest BCUT2D eigenvalue weighted by atomic mass is 32.2. The van der Waals surface area contributed by atoms with E-state index in [4.69, 9.17) is 5.73 Å². The fraction of sp³-hybridized carbons (Fsp3) is 0.357. The van der Waals surface area contributed by atoms with Crippen molar-refractivity contribution in [3.05, 3.63) is 27.6 Å². The first kappa shape index (κ1) is 16.7. The maximum atomic E-state index is 12.4. The van der Waals surface area contributed by atoms with Crippen LogP contribution in [0.15, 0.2) is 21.4 Å². The van der Waals surface area contributed by atoms with E-state index in [0.29, 0.717) is 22.3 Å². The molecule has 3 aromatic heterocycles. The van der Waals surface area contributed by atoms with Crippen LogP contribution in [0.5, 0.6) is 0 Å². The van der Waals surface area contributed by atoms with Gasteiger partial charge in [-0.25, -0.2) is 4.98 Å². The standard InChI is InChI=1S/C14H17N7OS2/c1-7(9-16-12(15)19-13(17-9)20(2)3)24-14-18-10-8(5-6-23-10)11(22)21(14)4/h5-7H,1-4H3,(H2,15,16,17,19). The van der Waals surface area contributed by atoms with Crippen molar-refractivity contribution >= 4 is 45.2 Å². The zero-order valence-corrected chi connectivity index (χ0v) is 15.4. The van der Waals surface area contributed by atoms with Crippen LogP contribution >= 0.6 is 23.1 Å². The second-order valence-corrected chi connectivity index (χ2v) is 7.61. The summed E-state index contributed by atoms with van der Waals surface area (Å²) >= 11 is 2.87. The van der Waals surface area contributed by atoms with Gasteiger partial charge >= 0.3 is 0 Å². The molecule has 3 aromatic rings. The summed E-state index contributed by atoms with van der Waals surface area (Å²) in [7, 11) is 5.40. The van der Waals surface area contributed by atoms with Gasteiger partial charge in [-0.1, -0.05) is 11.8 Å². The Labute approximate surface area is 146 Å². The highest BCUT2D eigenvalue weighted by Crippen LogP contribution is 2.32. The zero-order chi connectivity index (χ0) is 17.4. The molecule has 0 fully saturated rings. The largest absolute Gasteiger partial charge is 0.368 e. The molecule has 8 nitrogen and oxygen atoms in total. The monoisotopic (exact) mass is 363 g/mol. The maximum absolute atomic E-state index is 12.4. The van der Waals surface area contributed by atoms with Crippen molar-refractivity contribution in [3.63, 3.8) is 0 Å². The number of thioether (sulfide) groups is 1. The third kappa shape index (κ3) is 3.06. The number of hydrogen-bond acceptors (Lipinski definition) is 9. The molecule has 0 aliphatic rings. The quantitative estimate of drug-likeness (QED) is 0.552. The first-order chi connectivity index (χ1) is 11.4. The number of anilines is 2. The highest BCUT2D eigenvalue weighted by Gasteiger charge is 2.18. The lowest BCUT2D eigenvalue weighted by Crippen LogP contribution is -2.20. The number of rotatable bonds is 4. The van der Waals surface area contributed by atoms with Crippen molar-refractivity contribution < 1.29 is 0 Å². The van der Waals surface area contributed by atoms with Crippen LogP contribution in [0, 0.1) is 0 Å². The molecule has 1 unspecified atom stereocenters. The summed E-state index contributed by atoms with van der Waals surface area (Å²) in [6.07, 6.45) is 0. The summed E-state index contributed by atoms with van der Waals surface area (Å²) in [5.74, 6) is 1.23. The lowest BCUT2D eigenvalue weighted by atomic mass is 10.4. The van der Waals surface area contributed by atoms with Gasteiger partial charge in [0.15, 0.2) is 5.16 Å². The Morgan fingerprint density at radius 2 is 2.04 bits per heavy atom. The number of nitrogen functional groups attached to an aromatic ring is 1. The Kier molecular flexibility index (Phi) is 4.41. The fourth-order valence-electron chi connectivity index (χ4n) is 2.08. The summed E-state index contributed by atoms with van der Waals surface area (Å²) in [6, 6.07) is 1.79. The van der Waals surface area contributed by atoms with Crippen LogP contribution in [0.1, 0.15) is 18.0 Å². The predicted octanol–water partition coefficient (Wildman–Crippen LogP) is 1.68. The van der Waals surface area contributed by atoms with Crippen molar-refractivity contribution in [3.8, 4) is 0 Å². The Balaban J connectivity index is 1.97. The number of nitrogens with two attached hydrogens (primary N) is 1. The molecule has 0 amide bonds. The molecule has 0 radical (unpaired) electrons. The van der Waals surface area contributed by atoms with Crippen LogP contribution in [-0.4, -0.2) is 38.6 Å². The van der Waals surface area contributed by atoms with Crippen LogP contribution in [0.2, 0.25) is 0 Å². The summed E-state index contributed by atoms with van der Waals surface area (Å²) < 4.78 is 1.55. The van der Waals surface area contributed by atoms with E-state index in [1.807, 2.05) is 26.4 Å². The van der Waals surface area contributed by atoms with Gasteiger partial charge in [0.25, 0.3) is 5.56 Å². The van der Waals surface area contributed by atoms with E-state index in [0.717, 1.165) is 4.83 Å². The summed E-state index contributed by atoms with van der Waals surface area (Å²) in [4.78, 5) is 32.2. The Morgan fingerprint density at radius 1 is 1.29 bits per heavy atom. The Morgan fingerprint density at radius 3 is 2.75 bits per heavy atom. The minimum atomic E-state index is -0.135. The Hall–Kier alpha value is -2.20. The second-order valence-electron chi connectivity index (χ2n) is 5.40. The Bertz CT molecular complexity index is 950. The van der Waals surface area contributed by atoms with E-state index in [1.54, 1.807) is 22.6 Å². The molecule has 0 spiro atoms. The van der Waals surface area contributed by atoms with Gasteiger partial charge in [0, 0.05) is 21.1 Å². The number of nitrogens with zero attached hydrogens (tertiary/aromatic N) is 6. The average molecular weight is 363 g/mol. The van der Waals surface area contributed by atoms with Gasteiger partial charge in [-0.15, -0.1) is 11.3 Å². The molecular weight excluding hydrogens is 346 g/mol.